The molecule has 3 nitrogen and oxygen atoms in total. The van der Waals surface area contributed by atoms with E-state index in [1.807, 2.05) is 42.1 Å². The molecular formula is C16H14Cl2N2OS. The van der Waals surface area contributed by atoms with Crippen LogP contribution in [-0.4, -0.2) is 27.2 Å². The van der Waals surface area contributed by atoms with Crippen LogP contribution in [0.5, 0.6) is 0 Å². The monoisotopic (exact) mass is 352 g/mol. The Morgan fingerprint density at radius 3 is 2.73 bits per heavy atom. The fourth-order valence-electron chi connectivity index (χ4n) is 2.43. The van der Waals surface area contributed by atoms with Gasteiger partial charge in [-0.25, -0.2) is 0 Å². The predicted molar refractivity (Wildman–Crippen MR) is 94.0 cm³/mol. The number of hydrogen-bond acceptors (Lipinski definition) is 3. The van der Waals surface area contributed by atoms with E-state index in [1.54, 1.807) is 17.8 Å². The van der Waals surface area contributed by atoms with Crippen molar-refractivity contribution in [3.63, 3.8) is 0 Å². The van der Waals surface area contributed by atoms with E-state index in [0.717, 1.165) is 27.1 Å². The summed E-state index contributed by atoms with van der Waals surface area (Å²) in [5.74, 6) is 0.639. The van der Waals surface area contributed by atoms with Gasteiger partial charge in [0.25, 0.3) is 0 Å². The van der Waals surface area contributed by atoms with Gasteiger partial charge in [-0.1, -0.05) is 41.4 Å². The van der Waals surface area contributed by atoms with Gasteiger partial charge < -0.3 is 5.11 Å². The zero-order valence-electron chi connectivity index (χ0n) is 11.9. The van der Waals surface area contributed by atoms with Crippen LogP contribution < -0.4 is 0 Å². The molecule has 0 saturated heterocycles. The lowest BCUT2D eigenvalue weighted by Crippen LogP contribution is -1.94. The molecule has 0 amide bonds. The third kappa shape index (κ3) is 2.84. The first-order valence-electron chi connectivity index (χ1n) is 6.76. The molecular weight excluding hydrogens is 339 g/mol. The molecule has 6 heteroatoms. The number of thioether (sulfide) groups is 1. The van der Waals surface area contributed by atoms with E-state index in [9.17, 15) is 0 Å². The quantitative estimate of drug-likeness (QED) is 0.695. The SMILES string of the molecule is Cn1nc2c(-c3ccc(Cl)cc3Cl)cccc2c1SCCO. The van der Waals surface area contributed by atoms with Crippen LogP contribution in [0.2, 0.25) is 10.0 Å². The van der Waals surface area contributed by atoms with Crippen molar-refractivity contribution in [3.05, 3.63) is 46.4 Å². The van der Waals surface area contributed by atoms with Crippen molar-refractivity contribution in [2.75, 3.05) is 12.4 Å². The molecule has 0 radical (unpaired) electrons. The fourth-order valence-corrected chi connectivity index (χ4v) is 3.78. The number of halogens is 2. The van der Waals surface area contributed by atoms with Crippen molar-refractivity contribution in [2.24, 2.45) is 7.05 Å². The average Bonchev–Trinajstić information content (AvgIpc) is 2.81. The largest absolute Gasteiger partial charge is 0.396 e. The fraction of sp³-hybridized carbons (Fsp3) is 0.188. The molecule has 22 heavy (non-hydrogen) atoms. The molecule has 0 bridgehead atoms. The molecule has 0 fully saturated rings. The molecule has 3 aromatic rings. The molecule has 0 aliphatic heterocycles. The minimum atomic E-state index is 0.139. The van der Waals surface area contributed by atoms with E-state index in [2.05, 4.69) is 5.10 Å². The molecule has 114 valence electrons. The minimum absolute atomic E-state index is 0.139. The van der Waals surface area contributed by atoms with E-state index in [-0.39, 0.29) is 6.61 Å². The molecule has 0 spiro atoms. The predicted octanol–water partition coefficient (Wildman–Crippen LogP) is 4.63. The second-order valence-corrected chi connectivity index (χ2v) is 6.75. The Bertz CT molecular complexity index is 832. The summed E-state index contributed by atoms with van der Waals surface area (Å²) in [6.45, 7) is 0.139. The smallest absolute Gasteiger partial charge is 0.102 e. The molecule has 1 N–H and O–H groups in total. The Morgan fingerprint density at radius 2 is 2.00 bits per heavy atom. The zero-order valence-corrected chi connectivity index (χ0v) is 14.2. The lowest BCUT2D eigenvalue weighted by Gasteiger charge is -2.06. The number of nitrogens with zero attached hydrogens (tertiary/aromatic N) is 2. The summed E-state index contributed by atoms with van der Waals surface area (Å²) in [7, 11) is 1.91. The molecule has 0 aliphatic rings. The second-order valence-electron chi connectivity index (χ2n) is 4.83. The van der Waals surface area contributed by atoms with Crippen LogP contribution in [0.3, 0.4) is 0 Å². The van der Waals surface area contributed by atoms with Gasteiger partial charge in [0.2, 0.25) is 0 Å². The summed E-state index contributed by atoms with van der Waals surface area (Å²) >= 11 is 13.9. The minimum Gasteiger partial charge on any atom is -0.396 e. The van der Waals surface area contributed by atoms with Gasteiger partial charge >= 0.3 is 0 Å². The summed E-state index contributed by atoms with van der Waals surface area (Å²) in [5, 5.41) is 17.0. The third-order valence-electron chi connectivity index (χ3n) is 3.36. The topological polar surface area (TPSA) is 38.0 Å². The van der Waals surface area contributed by atoms with Crippen LogP contribution in [0, 0.1) is 0 Å². The van der Waals surface area contributed by atoms with Gasteiger partial charge in [-0.05, 0) is 18.2 Å². The van der Waals surface area contributed by atoms with Crippen LogP contribution in [0.4, 0.5) is 0 Å². The number of aliphatic hydroxyl groups is 1. The van der Waals surface area contributed by atoms with Crippen LogP contribution in [-0.2, 0) is 7.05 Å². The van der Waals surface area contributed by atoms with E-state index in [4.69, 9.17) is 28.3 Å². The maximum atomic E-state index is 9.04. The van der Waals surface area contributed by atoms with Crippen LogP contribution >= 0.6 is 35.0 Å². The number of hydrogen-bond donors (Lipinski definition) is 1. The summed E-state index contributed by atoms with van der Waals surface area (Å²) < 4.78 is 1.85. The van der Waals surface area contributed by atoms with Crippen LogP contribution in [0.25, 0.3) is 22.0 Å². The first-order chi connectivity index (χ1) is 10.6. The van der Waals surface area contributed by atoms with E-state index in [0.29, 0.717) is 15.8 Å². The first kappa shape index (κ1) is 15.7. The van der Waals surface area contributed by atoms with Crippen molar-refractivity contribution < 1.29 is 5.11 Å². The molecule has 0 saturated carbocycles. The van der Waals surface area contributed by atoms with Crippen molar-refractivity contribution in [3.8, 4) is 11.1 Å². The van der Waals surface area contributed by atoms with E-state index < -0.39 is 0 Å². The van der Waals surface area contributed by atoms with E-state index >= 15 is 0 Å². The van der Waals surface area contributed by atoms with Gasteiger partial charge in [0.15, 0.2) is 0 Å². The maximum absolute atomic E-state index is 9.04. The van der Waals surface area contributed by atoms with Gasteiger partial charge in [-0.2, -0.15) is 5.10 Å². The van der Waals surface area contributed by atoms with Gasteiger partial charge in [-0.3, -0.25) is 4.68 Å². The van der Waals surface area contributed by atoms with Gasteiger partial charge in [-0.15, -0.1) is 11.8 Å². The van der Waals surface area contributed by atoms with E-state index in [1.165, 1.54) is 0 Å². The van der Waals surface area contributed by atoms with Crippen LogP contribution in [0.1, 0.15) is 0 Å². The van der Waals surface area contributed by atoms with Crippen LogP contribution in [0.15, 0.2) is 41.4 Å². The highest BCUT2D eigenvalue weighted by molar-refractivity contribution is 7.99. The average molecular weight is 353 g/mol. The van der Waals surface area contributed by atoms with Gasteiger partial charge in [0.05, 0.1) is 6.61 Å². The Kier molecular flexibility index (Phi) is 4.64. The lowest BCUT2D eigenvalue weighted by molar-refractivity contribution is 0.322. The summed E-state index contributed by atoms with van der Waals surface area (Å²) in [4.78, 5) is 0. The molecule has 1 aromatic heterocycles. The van der Waals surface area contributed by atoms with Gasteiger partial charge in [0, 0.05) is 39.4 Å². The summed E-state index contributed by atoms with van der Waals surface area (Å²) in [5.41, 5.74) is 2.79. The van der Waals surface area contributed by atoms with Gasteiger partial charge in [0.1, 0.15) is 10.5 Å². The number of aliphatic hydroxyl groups excluding tert-OH is 1. The Morgan fingerprint density at radius 1 is 1.18 bits per heavy atom. The second kappa shape index (κ2) is 6.50. The number of aromatic nitrogens is 2. The lowest BCUT2D eigenvalue weighted by atomic mass is 10.0. The number of rotatable bonds is 4. The Labute approximate surface area is 142 Å². The number of aryl methyl sites for hydroxylation is 1. The Balaban J connectivity index is 2.19. The molecule has 3 rings (SSSR count). The maximum Gasteiger partial charge on any atom is 0.102 e. The standard InChI is InChI=1S/C16H14Cl2N2OS/c1-20-16(22-8-7-21)13-4-2-3-12(15(13)19-20)11-6-5-10(17)9-14(11)18/h2-6,9,21H,7-8H2,1H3. The van der Waals surface area contributed by atoms with Crippen molar-refractivity contribution in [1.82, 2.24) is 9.78 Å². The summed E-state index contributed by atoms with van der Waals surface area (Å²) in [6, 6.07) is 11.5. The highest BCUT2D eigenvalue weighted by atomic mass is 35.5. The highest BCUT2D eigenvalue weighted by Gasteiger charge is 2.15. The number of benzene rings is 2. The highest BCUT2D eigenvalue weighted by Crippen LogP contribution is 2.37. The number of fused-ring (bicyclic) bond motifs is 1. The normalized spacial score (nSPS) is 11.3. The molecule has 0 atom stereocenters. The van der Waals surface area contributed by atoms with Crippen molar-refractivity contribution in [1.29, 1.82) is 0 Å². The molecule has 0 aliphatic carbocycles. The zero-order chi connectivity index (χ0) is 15.7. The first-order valence-corrected chi connectivity index (χ1v) is 8.50. The van der Waals surface area contributed by atoms with Crippen molar-refractivity contribution in [2.45, 2.75) is 5.03 Å². The van der Waals surface area contributed by atoms with Crippen molar-refractivity contribution >= 4 is 45.9 Å². The Hall–Kier alpha value is -1.20. The summed E-state index contributed by atoms with van der Waals surface area (Å²) in [6.07, 6.45) is 0. The molecule has 2 aromatic carbocycles. The molecule has 1 heterocycles. The third-order valence-corrected chi connectivity index (χ3v) is 5.05. The molecule has 0 unspecified atom stereocenters.